The van der Waals surface area contributed by atoms with Gasteiger partial charge >= 0.3 is 6.09 Å². The van der Waals surface area contributed by atoms with Crippen molar-refractivity contribution >= 4 is 31.8 Å². The lowest BCUT2D eigenvalue weighted by atomic mass is 9.81. The van der Waals surface area contributed by atoms with Crippen LogP contribution in [0.4, 0.5) is 19.3 Å². The van der Waals surface area contributed by atoms with Gasteiger partial charge in [0.25, 0.3) is 0 Å². The molecule has 0 bridgehead atoms. The second-order valence-corrected chi connectivity index (χ2v) is 19.3. The molecule has 12 nitrogen and oxygen atoms in total. The van der Waals surface area contributed by atoms with Gasteiger partial charge in [0.05, 0.1) is 11.4 Å². The van der Waals surface area contributed by atoms with Crippen molar-refractivity contribution in [1.82, 2.24) is 4.90 Å². The fraction of sp³-hybridized carbons (Fsp3) is 0.538. The summed E-state index contributed by atoms with van der Waals surface area (Å²) in [6.07, 6.45) is 6.05. The average Bonchev–Trinajstić information content (AvgIpc) is 3.12. The molecule has 3 N–H and O–H groups in total. The number of nitrogens with zero attached hydrogens (tertiary/aromatic N) is 2. The highest BCUT2D eigenvalue weighted by Crippen LogP contribution is 2.49. The highest BCUT2D eigenvalue weighted by molar-refractivity contribution is 7.92. The van der Waals surface area contributed by atoms with E-state index >= 15 is 4.39 Å². The third-order valence-corrected chi connectivity index (χ3v) is 13.0. The Bertz CT molecular complexity index is 2180. The topological polar surface area (TPSA) is 172 Å². The summed E-state index contributed by atoms with van der Waals surface area (Å²) in [5, 5.41) is 20.3. The Morgan fingerprint density at radius 3 is 2.24 bits per heavy atom. The average molecular weight is 805 g/mol. The van der Waals surface area contributed by atoms with Crippen LogP contribution in [0.15, 0.2) is 35.2 Å². The van der Waals surface area contributed by atoms with Crippen molar-refractivity contribution < 1.29 is 44.6 Å². The van der Waals surface area contributed by atoms with Crippen LogP contribution in [0.1, 0.15) is 120 Å². The van der Waals surface area contributed by atoms with Gasteiger partial charge in [0.1, 0.15) is 17.2 Å². The monoisotopic (exact) mass is 804 g/mol. The SMILES string of the molecule is CCS(=O)(=O)Nc1cc(-c2c3c([n+]([O-])c(C4CCCCC4)c2S(N)(=O)=O)CCCC3)c(Oc2ccc(F)cc2F)cc1C1CCN(C(=O)OC(C)(C)C)CC1. The van der Waals surface area contributed by atoms with Gasteiger partial charge in [0.2, 0.25) is 25.7 Å². The van der Waals surface area contributed by atoms with Crippen molar-refractivity contribution in [1.29, 1.82) is 0 Å². The lowest BCUT2D eigenvalue weighted by Gasteiger charge is -2.34. The van der Waals surface area contributed by atoms with E-state index in [9.17, 15) is 31.2 Å². The van der Waals surface area contributed by atoms with E-state index in [1.54, 1.807) is 31.7 Å². The third-order valence-electron chi connectivity index (χ3n) is 10.7. The maximum atomic E-state index is 15.3. The van der Waals surface area contributed by atoms with Crippen LogP contribution in [0.25, 0.3) is 11.1 Å². The zero-order chi connectivity index (χ0) is 39.9. The Hall–Kier alpha value is -4.02. The molecule has 2 fully saturated rings. The van der Waals surface area contributed by atoms with E-state index in [1.807, 2.05) is 0 Å². The van der Waals surface area contributed by atoms with E-state index in [1.165, 1.54) is 13.0 Å². The third kappa shape index (κ3) is 9.01. The fourth-order valence-corrected chi connectivity index (χ4v) is 9.82. The Morgan fingerprint density at radius 2 is 1.62 bits per heavy atom. The van der Waals surface area contributed by atoms with Crippen molar-refractivity contribution in [2.75, 3.05) is 23.6 Å². The van der Waals surface area contributed by atoms with Gasteiger partial charge in [-0.05, 0) is 108 Å². The number of nitrogens with one attached hydrogen (secondary N) is 1. The molecule has 1 saturated heterocycles. The summed E-state index contributed by atoms with van der Waals surface area (Å²) in [6, 6.07) is 5.84. The lowest BCUT2D eigenvalue weighted by molar-refractivity contribution is -0.627. The quantitative estimate of drug-likeness (QED) is 0.165. The fourth-order valence-electron chi connectivity index (χ4n) is 8.10. The van der Waals surface area contributed by atoms with Crippen LogP contribution in [-0.4, -0.2) is 52.3 Å². The molecule has 1 aromatic heterocycles. The number of halogens is 2. The maximum Gasteiger partial charge on any atom is 0.410 e. The number of primary sulfonamides is 1. The largest absolute Gasteiger partial charge is 0.618 e. The van der Waals surface area contributed by atoms with E-state index in [4.69, 9.17) is 14.6 Å². The maximum absolute atomic E-state index is 15.3. The van der Waals surface area contributed by atoms with Crippen molar-refractivity contribution in [3.8, 4) is 22.6 Å². The molecule has 55 heavy (non-hydrogen) atoms. The van der Waals surface area contributed by atoms with Gasteiger partial charge in [-0.25, -0.2) is 35.5 Å². The number of rotatable bonds is 9. The number of anilines is 1. The summed E-state index contributed by atoms with van der Waals surface area (Å²) in [4.78, 5) is 14.1. The summed E-state index contributed by atoms with van der Waals surface area (Å²) in [5.74, 6) is -3.27. The minimum absolute atomic E-state index is 0.0366. The minimum Gasteiger partial charge on any atom is -0.618 e. The molecule has 0 atom stereocenters. The zero-order valence-electron chi connectivity index (χ0n) is 31.8. The highest BCUT2D eigenvalue weighted by atomic mass is 32.2. The first kappa shape index (κ1) is 40.6. The zero-order valence-corrected chi connectivity index (χ0v) is 33.4. The Labute approximate surface area is 322 Å². The predicted molar refractivity (Wildman–Crippen MR) is 204 cm³/mol. The minimum atomic E-state index is -4.62. The summed E-state index contributed by atoms with van der Waals surface area (Å²) >= 11 is 0. The van der Waals surface area contributed by atoms with Crippen molar-refractivity contribution in [3.63, 3.8) is 0 Å². The van der Waals surface area contributed by atoms with E-state index < -0.39 is 49.3 Å². The van der Waals surface area contributed by atoms with E-state index in [2.05, 4.69) is 4.72 Å². The molecule has 0 radical (unpaired) electrons. The number of fused-ring (bicyclic) bond motifs is 1. The standard InChI is InChI=1S/C39H50F2N4O8S2/c1-5-54(48,49)43-31-22-29(35-27-13-9-10-14-32(27)45(47)36(37(35)55(42,50)51)25-11-7-6-8-12-25)34(52-33-16-15-26(40)21-30(33)41)23-28(31)24-17-19-44(20-18-24)38(46)53-39(2,3)4/h15-16,21-25,43H,5-14,17-20H2,1-4H3,(H2,42,50,51). The number of ether oxygens (including phenoxy) is 2. The molecule has 6 rings (SSSR count). The molecular formula is C39H50F2N4O8S2. The molecule has 1 aliphatic heterocycles. The molecule has 2 heterocycles. The van der Waals surface area contributed by atoms with Gasteiger partial charge in [-0.2, -0.15) is 4.73 Å². The first-order valence-electron chi connectivity index (χ1n) is 19.0. The van der Waals surface area contributed by atoms with Crippen LogP contribution in [0, 0.1) is 16.8 Å². The highest BCUT2D eigenvalue weighted by Gasteiger charge is 2.40. The van der Waals surface area contributed by atoms with Gasteiger partial charge in [-0.1, -0.05) is 19.3 Å². The summed E-state index contributed by atoms with van der Waals surface area (Å²) < 4.78 is 99.0. The number of sulfonamides is 2. The molecule has 1 saturated carbocycles. The van der Waals surface area contributed by atoms with E-state index in [0.29, 0.717) is 87.3 Å². The molecule has 16 heteroatoms. The number of benzene rings is 2. The first-order valence-corrected chi connectivity index (χ1v) is 22.2. The summed E-state index contributed by atoms with van der Waals surface area (Å²) in [7, 11) is -8.54. The second-order valence-electron chi connectivity index (χ2n) is 15.8. The molecule has 2 aliphatic carbocycles. The number of carbonyl (C=O) groups is 1. The van der Waals surface area contributed by atoms with Gasteiger partial charge < -0.3 is 19.6 Å². The van der Waals surface area contributed by atoms with Gasteiger partial charge in [0.15, 0.2) is 22.2 Å². The number of carbonyl (C=O) groups excluding carboxylic acids is 1. The van der Waals surface area contributed by atoms with E-state index in [-0.39, 0.29) is 50.6 Å². The van der Waals surface area contributed by atoms with Crippen LogP contribution >= 0.6 is 0 Å². The number of pyridine rings is 1. The lowest BCUT2D eigenvalue weighted by Crippen LogP contribution is -2.44. The number of amides is 1. The van der Waals surface area contributed by atoms with Crippen molar-refractivity contribution in [2.24, 2.45) is 5.14 Å². The molecule has 3 aliphatic rings. The number of aromatic nitrogens is 1. The van der Waals surface area contributed by atoms with Crippen molar-refractivity contribution in [3.05, 3.63) is 69.7 Å². The Morgan fingerprint density at radius 1 is 0.945 bits per heavy atom. The number of likely N-dealkylation sites (tertiary alicyclic amines) is 1. The normalized spacial score (nSPS) is 17.5. The van der Waals surface area contributed by atoms with Crippen LogP contribution in [0.2, 0.25) is 0 Å². The summed E-state index contributed by atoms with van der Waals surface area (Å²) in [6.45, 7) is 7.39. The predicted octanol–water partition coefficient (Wildman–Crippen LogP) is 7.51. The Kier molecular flexibility index (Phi) is 11.7. The van der Waals surface area contributed by atoms with Gasteiger partial charge in [-0.15, -0.1) is 0 Å². The number of piperidine rings is 1. The molecule has 300 valence electrons. The van der Waals surface area contributed by atoms with Crippen LogP contribution in [0.3, 0.4) is 0 Å². The molecule has 0 spiro atoms. The van der Waals surface area contributed by atoms with Crippen molar-refractivity contribution in [2.45, 2.75) is 121 Å². The molecular weight excluding hydrogens is 755 g/mol. The molecule has 0 unspecified atom stereocenters. The van der Waals surface area contributed by atoms with Crippen LogP contribution in [-0.2, 0) is 37.6 Å². The molecule has 1 amide bonds. The number of hydrogen-bond acceptors (Lipinski definition) is 8. The van der Waals surface area contributed by atoms with Crippen LogP contribution < -0.4 is 19.3 Å². The van der Waals surface area contributed by atoms with Crippen LogP contribution in [0.5, 0.6) is 11.5 Å². The molecule has 3 aromatic rings. The Balaban J connectivity index is 1.62. The smallest absolute Gasteiger partial charge is 0.410 e. The molecule has 2 aromatic carbocycles. The summed E-state index contributed by atoms with van der Waals surface area (Å²) in [5.41, 5.74) is 1.01. The second kappa shape index (κ2) is 15.8. The van der Waals surface area contributed by atoms with Gasteiger partial charge in [-0.3, -0.25) is 4.72 Å². The van der Waals surface area contributed by atoms with E-state index in [0.717, 1.165) is 36.1 Å². The number of hydrogen-bond donors (Lipinski definition) is 2. The number of nitrogens with two attached hydrogens (primary N) is 1. The van der Waals surface area contributed by atoms with Gasteiger partial charge in [0, 0.05) is 48.2 Å². The first-order chi connectivity index (χ1) is 25.9.